The lowest BCUT2D eigenvalue weighted by molar-refractivity contribution is 0.742. The van der Waals surface area contributed by atoms with E-state index >= 15 is 0 Å². The average molecular weight is 139 g/mol. The van der Waals surface area contributed by atoms with Crippen molar-refractivity contribution in [1.82, 2.24) is 5.32 Å². The molecule has 0 spiro atoms. The van der Waals surface area contributed by atoms with Crippen LogP contribution in [0.2, 0.25) is 0 Å². The number of hydrogen-bond donors (Lipinski definition) is 2. The van der Waals surface area contributed by atoms with Crippen LogP contribution in [0.15, 0.2) is 0 Å². The van der Waals surface area contributed by atoms with Crippen molar-refractivity contribution in [2.75, 3.05) is 13.1 Å². The summed E-state index contributed by atoms with van der Waals surface area (Å²) in [5.41, 5.74) is 5.47. The highest BCUT2D eigenvalue weighted by atomic mass is 35.5. The lowest BCUT2D eigenvalue weighted by Gasteiger charge is -1.91. The summed E-state index contributed by atoms with van der Waals surface area (Å²) >= 11 is 0. The number of halogens is 1. The lowest BCUT2D eigenvalue weighted by atomic mass is 10.3. The highest BCUT2D eigenvalue weighted by Gasteiger charge is 2.06. The zero-order chi connectivity index (χ0) is 4.41. The van der Waals surface area contributed by atoms with Crippen LogP contribution in [0, 0.1) is 0 Å². The summed E-state index contributed by atoms with van der Waals surface area (Å²) in [6.07, 6.45) is 1.15. The standard InChI is InChI=1S/C4H10N2.CH4.ClH/c5-4-1-2-6-3-4;;/h4,6H,1-3,5H2;1H4;1H. The molecule has 0 bridgehead atoms. The second-order valence-electron chi connectivity index (χ2n) is 1.75. The van der Waals surface area contributed by atoms with Crippen molar-refractivity contribution in [3.63, 3.8) is 0 Å². The molecule has 1 rings (SSSR count). The van der Waals surface area contributed by atoms with Crippen molar-refractivity contribution in [3.05, 3.63) is 0 Å². The molecule has 1 unspecified atom stereocenters. The van der Waals surface area contributed by atoms with Crippen LogP contribution in [0.3, 0.4) is 0 Å². The van der Waals surface area contributed by atoms with E-state index in [1.165, 1.54) is 0 Å². The maximum Gasteiger partial charge on any atom is 0.0177 e. The van der Waals surface area contributed by atoms with Crippen LogP contribution in [0.1, 0.15) is 13.8 Å². The monoisotopic (exact) mass is 138 g/mol. The predicted octanol–water partition coefficient (Wildman–Crippen LogP) is 0.365. The van der Waals surface area contributed by atoms with Gasteiger partial charge in [-0.1, -0.05) is 7.43 Å². The molecule has 1 atom stereocenters. The molecule has 0 aromatic carbocycles. The van der Waals surface area contributed by atoms with Crippen LogP contribution in [-0.2, 0) is 0 Å². The van der Waals surface area contributed by atoms with Crippen molar-refractivity contribution in [2.24, 2.45) is 5.73 Å². The Bertz CT molecular complexity index is 43.7. The molecule has 52 valence electrons. The summed E-state index contributed by atoms with van der Waals surface area (Å²) in [7, 11) is 0. The largest absolute Gasteiger partial charge is 0.327 e. The highest BCUT2D eigenvalue weighted by Crippen LogP contribution is 1.90. The quantitative estimate of drug-likeness (QED) is 0.508. The van der Waals surface area contributed by atoms with E-state index in [0.29, 0.717) is 6.04 Å². The highest BCUT2D eigenvalue weighted by molar-refractivity contribution is 5.85. The Balaban J connectivity index is 0. The van der Waals surface area contributed by atoms with Gasteiger partial charge in [-0.15, -0.1) is 12.4 Å². The molecule has 1 aliphatic rings. The number of nitrogens with one attached hydrogen (secondary N) is 1. The molecule has 0 saturated carbocycles. The van der Waals surface area contributed by atoms with E-state index in [-0.39, 0.29) is 19.8 Å². The molecule has 3 N–H and O–H groups in total. The zero-order valence-electron chi connectivity index (χ0n) is 4.18. The molecule has 0 aromatic rings. The maximum atomic E-state index is 5.47. The second-order valence-corrected chi connectivity index (χ2v) is 1.75. The Labute approximate surface area is 57.2 Å². The molecule has 1 fully saturated rings. The Morgan fingerprint density at radius 2 is 2.12 bits per heavy atom. The average Bonchev–Trinajstić information content (AvgIpc) is 1.86. The lowest BCUT2D eigenvalue weighted by Crippen LogP contribution is -2.21. The van der Waals surface area contributed by atoms with Gasteiger partial charge in [0.1, 0.15) is 0 Å². The van der Waals surface area contributed by atoms with Crippen molar-refractivity contribution in [1.29, 1.82) is 0 Å². The van der Waals surface area contributed by atoms with Gasteiger partial charge in [0.25, 0.3) is 0 Å². The molecule has 3 heteroatoms. The van der Waals surface area contributed by atoms with Gasteiger partial charge in [0, 0.05) is 12.6 Å². The van der Waals surface area contributed by atoms with Gasteiger partial charge in [-0.25, -0.2) is 0 Å². The number of rotatable bonds is 0. The maximum absolute atomic E-state index is 5.47. The summed E-state index contributed by atoms with van der Waals surface area (Å²) in [4.78, 5) is 0. The van der Waals surface area contributed by atoms with Crippen LogP contribution in [-0.4, -0.2) is 19.1 Å². The number of nitrogens with two attached hydrogens (primary N) is 1. The Morgan fingerprint density at radius 3 is 2.25 bits per heavy atom. The Hall–Kier alpha value is 0.210. The summed E-state index contributed by atoms with van der Waals surface area (Å²) < 4.78 is 0. The fraction of sp³-hybridized carbons (Fsp3) is 1.00. The van der Waals surface area contributed by atoms with Crippen molar-refractivity contribution in [3.8, 4) is 0 Å². The van der Waals surface area contributed by atoms with Gasteiger partial charge in [-0.05, 0) is 13.0 Å². The van der Waals surface area contributed by atoms with E-state index in [1.54, 1.807) is 0 Å². The van der Waals surface area contributed by atoms with E-state index in [9.17, 15) is 0 Å². The first-order valence-electron chi connectivity index (χ1n) is 2.36. The van der Waals surface area contributed by atoms with Crippen LogP contribution >= 0.6 is 12.4 Å². The van der Waals surface area contributed by atoms with E-state index in [1.807, 2.05) is 0 Å². The molecule has 1 heterocycles. The predicted molar refractivity (Wildman–Crippen MR) is 39.4 cm³/mol. The van der Waals surface area contributed by atoms with Crippen LogP contribution in [0.4, 0.5) is 0 Å². The smallest absolute Gasteiger partial charge is 0.0177 e. The first-order chi connectivity index (χ1) is 2.89. The van der Waals surface area contributed by atoms with E-state index < -0.39 is 0 Å². The van der Waals surface area contributed by atoms with Gasteiger partial charge >= 0.3 is 0 Å². The van der Waals surface area contributed by atoms with E-state index in [2.05, 4.69) is 5.32 Å². The Morgan fingerprint density at radius 1 is 1.50 bits per heavy atom. The molecule has 1 aliphatic heterocycles. The molecular weight excluding hydrogens is 124 g/mol. The normalized spacial score (nSPS) is 25.9. The van der Waals surface area contributed by atoms with E-state index in [4.69, 9.17) is 5.73 Å². The molecule has 1 saturated heterocycles. The van der Waals surface area contributed by atoms with Gasteiger partial charge in [-0.3, -0.25) is 0 Å². The second kappa shape index (κ2) is 5.35. The minimum absolute atomic E-state index is 0. The van der Waals surface area contributed by atoms with Crippen molar-refractivity contribution < 1.29 is 0 Å². The van der Waals surface area contributed by atoms with Crippen molar-refractivity contribution >= 4 is 12.4 Å². The third-order valence-electron chi connectivity index (χ3n) is 1.10. The van der Waals surface area contributed by atoms with Gasteiger partial charge in [0.15, 0.2) is 0 Å². The SMILES string of the molecule is C.Cl.NC1CCNC1. The fourth-order valence-corrected chi connectivity index (χ4v) is 0.677. The van der Waals surface area contributed by atoms with Crippen LogP contribution in [0.5, 0.6) is 0 Å². The summed E-state index contributed by atoms with van der Waals surface area (Å²) in [6.45, 7) is 2.13. The fourth-order valence-electron chi connectivity index (χ4n) is 0.677. The van der Waals surface area contributed by atoms with Gasteiger partial charge in [0.2, 0.25) is 0 Å². The number of hydrogen-bond acceptors (Lipinski definition) is 2. The first kappa shape index (κ1) is 11.1. The molecule has 0 radical (unpaired) electrons. The molecule has 2 nitrogen and oxygen atoms in total. The molecule has 0 aromatic heterocycles. The minimum Gasteiger partial charge on any atom is -0.327 e. The minimum atomic E-state index is 0. The van der Waals surface area contributed by atoms with Gasteiger partial charge in [0.05, 0.1) is 0 Å². The third kappa shape index (κ3) is 3.24. The molecular formula is C5H15ClN2. The summed E-state index contributed by atoms with van der Waals surface area (Å²) in [5, 5.41) is 3.15. The van der Waals surface area contributed by atoms with Gasteiger partial charge < -0.3 is 11.1 Å². The zero-order valence-corrected chi connectivity index (χ0v) is 5.00. The first-order valence-corrected chi connectivity index (χ1v) is 2.36. The van der Waals surface area contributed by atoms with Gasteiger partial charge in [-0.2, -0.15) is 0 Å². The molecule has 0 aliphatic carbocycles. The van der Waals surface area contributed by atoms with Crippen LogP contribution in [0.25, 0.3) is 0 Å². The Kier molecular flexibility index (Phi) is 7.40. The van der Waals surface area contributed by atoms with Crippen LogP contribution < -0.4 is 11.1 Å². The third-order valence-corrected chi connectivity index (χ3v) is 1.10. The molecule has 0 amide bonds. The molecule has 8 heavy (non-hydrogen) atoms. The summed E-state index contributed by atoms with van der Waals surface area (Å²) in [6, 6.07) is 0.435. The van der Waals surface area contributed by atoms with Crippen molar-refractivity contribution in [2.45, 2.75) is 19.9 Å². The van der Waals surface area contributed by atoms with E-state index in [0.717, 1.165) is 19.5 Å². The topological polar surface area (TPSA) is 38.0 Å². The summed E-state index contributed by atoms with van der Waals surface area (Å²) in [5.74, 6) is 0.